The number of methoxy groups -OCH3 is 1. The predicted molar refractivity (Wildman–Crippen MR) is 144 cm³/mol. The molecule has 1 aliphatic carbocycles. The maximum atomic E-state index is 14.1. The molecule has 7 nitrogen and oxygen atoms in total. The highest BCUT2D eigenvalue weighted by molar-refractivity contribution is 5.89. The molecular formula is C31H34N2O5. The fourth-order valence-electron chi connectivity index (χ4n) is 5.57. The van der Waals surface area contributed by atoms with Gasteiger partial charge in [-0.1, -0.05) is 79.6 Å². The van der Waals surface area contributed by atoms with Crippen LogP contribution in [0, 0.1) is 0 Å². The van der Waals surface area contributed by atoms with Gasteiger partial charge in [0.25, 0.3) is 0 Å². The molecule has 0 aromatic heterocycles. The quantitative estimate of drug-likeness (QED) is 0.423. The van der Waals surface area contributed by atoms with Crippen molar-refractivity contribution in [2.45, 2.75) is 63.4 Å². The minimum Gasteiger partial charge on any atom is -0.493 e. The minimum atomic E-state index is -1.03. The van der Waals surface area contributed by atoms with E-state index in [1.165, 1.54) is 4.90 Å². The smallest absolute Gasteiger partial charge is 0.326 e. The van der Waals surface area contributed by atoms with Crippen molar-refractivity contribution in [3.63, 3.8) is 0 Å². The summed E-state index contributed by atoms with van der Waals surface area (Å²) in [6.07, 6.45) is 4.45. The van der Waals surface area contributed by atoms with Crippen LogP contribution >= 0.6 is 0 Å². The van der Waals surface area contributed by atoms with Crippen LogP contribution in [0.5, 0.6) is 11.5 Å². The Balaban J connectivity index is 1.46. The highest BCUT2D eigenvalue weighted by Crippen LogP contribution is 2.39. The Hall–Kier alpha value is -3.84. The van der Waals surface area contributed by atoms with E-state index in [0.717, 1.165) is 47.9 Å². The van der Waals surface area contributed by atoms with Crippen molar-refractivity contribution in [1.82, 2.24) is 10.2 Å². The van der Waals surface area contributed by atoms with Crippen molar-refractivity contribution in [2.24, 2.45) is 0 Å². The van der Waals surface area contributed by atoms with Crippen LogP contribution in [-0.2, 0) is 29.2 Å². The van der Waals surface area contributed by atoms with Gasteiger partial charge in [0.05, 0.1) is 7.11 Å². The van der Waals surface area contributed by atoms with E-state index >= 15 is 0 Å². The zero-order valence-corrected chi connectivity index (χ0v) is 21.6. The second-order valence-corrected chi connectivity index (χ2v) is 10.0. The monoisotopic (exact) mass is 514 g/mol. The van der Waals surface area contributed by atoms with E-state index in [1.54, 1.807) is 7.11 Å². The van der Waals surface area contributed by atoms with E-state index in [4.69, 9.17) is 9.47 Å². The van der Waals surface area contributed by atoms with E-state index in [2.05, 4.69) is 5.32 Å². The Labute approximate surface area is 223 Å². The third kappa shape index (κ3) is 5.53. The summed E-state index contributed by atoms with van der Waals surface area (Å²) in [5.41, 5.74) is 3.49. The molecule has 1 saturated carbocycles. The van der Waals surface area contributed by atoms with E-state index in [1.807, 2.05) is 72.8 Å². The Kier molecular flexibility index (Phi) is 7.94. The summed E-state index contributed by atoms with van der Waals surface area (Å²) in [6.45, 7) is 0.516. The van der Waals surface area contributed by atoms with Gasteiger partial charge >= 0.3 is 5.97 Å². The van der Waals surface area contributed by atoms with Gasteiger partial charge in [-0.2, -0.15) is 0 Å². The number of benzene rings is 3. The summed E-state index contributed by atoms with van der Waals surface area (Å²) in [5, 5.41) is 13.8. The average molecular weight is 515 g/mol. The molecule has 1 fully saturated rings. The number of nitrogens with one attached hydrogen (secondary N) is 1. The summed E-state index contributed by atoms with van der Waals surface area (Å²) in [4.78, 5) is 28.1. The third-order valence-corrected chi connectivity index (χ3v) is 7.59. The second kappa shape index (κ2) is 11.7. The first kappa shape index (κ1) is 25.8. The van der Waals surface area contributed by atoms with Crippen LogP contribution in [0.3, 0.4) is 0 Å². The highest BCUT2D eigenvalue weighted by atomic mass is 16.5. The lowest BCUT2D eigenvalue weighted by Gasteiger charge is -2.38. The first-order valence-electron chi connectivity index (χ1n) is 13.2. The van der Waals surface area contributed by atoms with Gasteiger partial charge in [-0.05, 0) is 35.6 Å². The van der Waals surface area contributed by atoms with Crippen LogP contribution < -0.4 is 14.8 Å². The Morgan fingerprint density at radius 3 is 2.34 bits per heavy atom. The molecule has 2 atom stereocenters. The number of amides is 1. The lowest BCUT2D eigenvalue weighted by molar-refractivity contribution is -0.152. The number of carbonyl (C=O) groups is 2. The third-order valence-electron chi connectivity index (χ3n) is 7.59. The number of ether oxygens (including phenoxy) is 2. The number of fused-ring (bicyclic) bond motifs is 1. The number of rotatable bonds is 9. The number of aliphatic carboxylic acids is 1. The molecule has 38 heavy (non-hydrogen) atoms. The van der Waals surface area contributed by atoms with E-state index in [-0.39, 0.29) is 24.9 Å². The molecule has 3 aromatic rings. The molecule has 1 aliphatic heterocycles. The molecule has 0 bridgehead atoms. The fraction of sp³-hybridized carbons (Fsp3) is 0.355. The number of carbonyl (C=O) groups excluding carboxylic acids is 1. The van der Waals surface area contributed by atoms with E-state index in [0.29, 0.717) is 18.1 Å². The molecule has 3 aromatic carbocycles. The van der Waals surface area contributed by atoms with Crippen LogP contribution in [-0.4, -0.2) is 41.1 Å². The standard InChI is InChI=1S/C31H34N2O5/c1-37-27-17-16-23-19-33(30(34)28(22-12-6-3-7-13-22)32-24-14-8-9-15-24)26(31(35)36)18-25(23)29(27)38-20-21-10-4-2-5-11-21/h2-7,10-13,16-17,24,26,28,32H,8-9,14-15,18-20H2,1H3,(H,35,36). The largest absolute Gasteiger partial charge is 0.493 e. The number of nitrogens with zero attached hydrogens (tertiary/aromatic N) is 1. The lowest BCUT2D eigenvalue weighted by atomic mass is 9.91. The van der Waals surface area contributed by atoms with Gasteiger partial charge in [0.2, 0.25) is 5.91 Å². The van der Waals surface area contributed by atoms with E-state index < -0.39 is 18.1 Å². The molecule has 0 radical (unpaired) electrons. The Bertz CT molecular complexity index is 1260. The van der Waals surface area contributed by atoms with Crippen molar-refractivity contribution >= 4 is 11.9 Å². The van der Waals surface area contributed by atoms with Gasteiger partial charge in [-0.25, -0.2) is 4.79 Å². The van der Waals surface area contributed by atoms with Crippen molar-refractivity contribution < 1.29 is 24.2 Å². The Morgan fingerprint density at radius 1 is 1.00 bits per heavy atom. The van der Waals surface area contributed by atoms with Crippen molar-refractivity contribution in [2.75, 3.05) is 7.11 Å². The summed E-state index contributed by atoms with van der Waals surface area (Å²) >= 11 is 0. The zero-order valence-electron chi connectivity index (χ0n) is 21.6. The molecule has 198 valence electrons. The highest BCUT2D eigenvalue weighted by Gasteiger charge is 2.40. The maximum absolute atomic E-state index is 14.1. The number of carboxylic acids is 1. The van der Waals surface area contributed by atoms with Crippen LogP contribution in [0.15, 0.2) is 72.8 Å². The summed E-state index contributed by atoms with van der Waals surface area (Å²) < 4.78 is 11.8. The molecule has 7 heteroatoms. The lowest BCUT2D eigenvalue weighted by Crippen LogP contribution is -2.53. The SMILES string of the molecule is COc1ccc2c(c1OCc1ccccc1)CC(C(=O)O)N(C(=O)C(NC1CCCC1)c1ccccc1)C2. The van der Waals surface area contributed by atoms with Crippen molar-refractivity contribution in [3.05, 3.63) is 95.1 Å². The topological polar surface area (TPSA) is 88.1 Å². The first-order chi connectivity index (χ1) is 18.5. The van der Waals surface area contributed by atoms with Crippen molar-refractivity contribution in [3.8, 4) is 11.5 Å². The van der Waals surface area contributed by atoms with Crippen molar-refractivity contribution in [1.29, 1.82) is 0 Å². The van der Waals surface area contributed by atoms with Gasteiger partial charge in [-0.15, -0.1) is 0 Å². The van der Waals surface area contributed by atoms with Crippen LogP contribution in [0.1, 0.15) is 54.0 Å². The van der Waals surface area contributed by atoms with Crippen LogP contribution in [0.2, 0.25) is 0 Å². The molecule has 0 saturated heterocycles. The molecule has 2 unspecified atom stereocenters. The summed E-state index contributed by atoms with van der Waals surface area (Å²) in [7, 11) is 1.57. The Morgan fingerprint density at radius 2 is 1.68 bits per heavy atom. The van der Waals surface area contributed by atoms with E-state index in [9.17, 15) is 14.7 Å². The molecule has 2 N–H and O–H groups in total. The second-order valence-electron chi connectivity index (χ2n) is 10.0. The summed E-state index contributed by atoms with van der Waals surface area (Å²) in [5.74, 6) is -0.165. The van der Waals surface area contributed by atoms with Gasteiger partial charge in [0, 0.05) is 24.6 Å². The minimum absolute atomic E-state index is 0.142. The number of carboxylic acid groups (broad SMARTS) is 1. The fourth-order valence-corrected chi connectivity index (χ4v) is 5.57. The van der Waals surface area contributed by atoms with Crippen LogP contribution in [0.25, 0.3) is 0 Å². The number of hydrogen-bond acceptors (Lipinski definition) is 5. The molecular weight excluding hydrogens is 480 g/mol. The molecule has 0 spiro atoms. The molecule has 2 aliphatic rings. The molecule has 5 rings (SSSR count). The van der Waals surface area contributed by atoms with Gasteiger partial charge in [0.1, 0.15) is 18.7 Å². The normalized spacial score (nSPS) is 18.0. The molecule has 1 amide bonds. The molecule has 1 heterocycles. The average Bonchev–Trinajstić information content (AvgIpc) is 3.48. The zero-order chi connectivity index (χ0) is 26.5. The van der Waals surface area contributed by atoms with Gasteiger partial charge in [-0.3, -0.25) is 10.1 Å². The van der Waals surface area contributed by atoms with Gasteiger partial charge < -0.3 is 19.5 Å². The van der Waals surface area contributed by atoms with Gasteiger partial charge in [0.15, 0.2) is 11.5 Å². The van der Waals surface area contributed by atoms with Crippen LogP contribution in [0.4, 0.5) is 0 Å². The first-order valence-corrected chi connectivity index (χ1v) is 13.2. The predicted octanol–water partition coefficient (Wildman–Crippen LogP) is 4.89. The number of hydrogen-bond donors (Lipinski definition) is 2. The maximum Gasteiger partial charge on any atom is 0.326 e. The summed E-state index contributed by atoms with van der Waals surface area (Å²) in [6, 6.07) is 21.8.